The standard InChI is InChI=1S/C9H9Cl2NO2/c1-2-14-8-6(10)3-5(9(12)13)4-7(8)11/h3-4H,2H2,1H3,(H2,12,13). The van der Waals surface area contributed by atoms with Crippen molar-refractivity contribution in [2.75, 3.05) is 6.61 Å². The zero-order valence-electron chi connectivity index (χ0n) is 7.51. The molecule has 0 heterocycles. The molecule has 0 radical (unpaired) electrons. The Bertz CT molecular complexity index is 343. The molecule has 2 N–H and O–H groups in total. The third-order valence-corrected chi connectivity index (χ3v) is 2.13. The van der Waals surface area contributed by atoms with Gasteiger partial charge in [0.05, 0.1) is 16.7 Å². The van der Waals surface area contributed by atoms with Crippen LogP contribution in [-0.4, -0.2) is 12.5 Å². The van der Waals surface area contributed by atoms with Crippen LogP contribution in [0.1, 0.15) is 17.3 Å². The lowest BCUT2D eigenvalue weighted by atomic mass is 10.2. The van der Waals surface area contributed by atoms with E-state index in [9.17, 15) is 4.79 Å². The van der Waals surface area contributed by atoms with Crippen LogP contribution in [0.5, 0.6) is 5.75 Å². The van der Waals surface area contributed by atoms with Gasteiger partial charge in [0.25, 0.3) is 0 Å². The molecular formula is C9H9Cl2NO2. The quantitative estimate of drug-likeness (QED) is 0.873. The molecule has 0 bridgehead atoms. The summed E-state index contributed by atoms with van der Waals surface area (Å²) in [6.45, 7) is 2.27. The minimum Gasteiger partial charge on any atom is -0.491 e. The summed E-state index contributed by atoms with van der Waals surface area (Å²) in [5.74, 6) is -0.197. The molecule has 0 fully saturated rings. The summed E-state index contributed by atoms with van der Waals surface area (Å²) in [4.78, 5) is 10.8. The van der Waals surface area contributed by atoms with Crippen LogP contribution in [-0.2, 0) is 0 Å². The first-order valence-electron chi connectivity index (χ1n) is 3.98. The van der Waals surface area contributed by atoms with Crippen LogP contribution in [0.3, 0.4) is 0 Å². The molecule has 0 atom stereocenters. The molecular weight excluding hydrogens is 225 g/mol. The number of carbonyl (C=O) groups excluding carboxylic acids is 1. The fourth-order valence-corrected chi connectivity index (χ4v) is 1.58. The smallest absolute Gasteiger partial charge is 0.248 e. The van der Waals surface area contributed by atoms with E-state index in [0.29, 0.717) is 12.4 Å². The molecule has 0 aliphatic rings. The van der Waals surface area contributed by atoms with Crippen LogP contribution in [0.2, 0.25) is 10.0 Å². The third kappa shape index (κ3) is 2.30. The maximum atomic E-state index is 10.8. The Labute approximate surface area is 91.7 Å². The maximum Gasteiger partial charge on any atom is 0.248 e. The fourth-order valence-electron chi connectivity index (χ4n) is 0.984. The first-order valence-corrected chi connectivity index (χ1v) is 4.73. The van der Waals surface area contributed by atoms with Crippen molar-refractivity contribution >= 4 is 29.1 Å². The predicted octanol–water partition coefficient (Wildman–Crippen LogP) is 2.49. The number of carbonyl (C=O) groups is 1. The Hall–Kier alpha value is -0.930. The highest BCUT2D eigenvalue weighted by atomic mass is 35.5. The topological polar surface area (TPSA) is 52.3 Å². The number of primary amides is 1. The lowest BCUT2D eigenvalue weighted by Crippen LogP contribution is -2.11. The van der Waals surface area contributed by atoms with Crippen LogP contribution >= 0.6 is 23.2 Å². The van der Waals surface area contributed by atoms with Gasteiger partial charge >= 0.3 is 0 Å². The minimum absolute atomic E-state index is 0.267. The number of nitrogens with two attached hydrogens (primary N) is 1. The maximum absolute atomic E-state index is 10.8. The van der Waals surface area contributed by atoms with Crippen LogP contribution < -0.4 is 10.5 Å². The van der Waals surface area contributed by atoms with Gasteiger partial charge in [-0.1, -0.05) is 23.2 Å². The van der Waals surface area contributed by atoms with Gasteiger partial charge in [0, 0.05) is 5.56 Å². The van der Waals surface area contributed by atoms with Crippen molar-refractivity contribution in [3.63, 3.8) is 0 Å². The SMILES string of the molecule is CCOc1c(Cl)cc(C(N)=O)cc1Cl. The summed E-state index contributed by atoms with van der Waals surface area (Å²) in [6.07, 6.45) is 0. The third-order valence-electron chi connectivity index (χ3n) is 1.57. The van der Waals surface area contributed by atoms with Gasteiger partial charge in [-0.15, -0.1) is 0 Å². The van der Waals surface area contributed by atoms with Gasteiger partial charge in [-0.25, -0.2) is 0 Å². The molecule has 3 nitrogen and oxygen atoms in total. The number of hydrogen-bond acceptors (Lipinski definition) is 2. The van der Waals surface area contributed by atoms with Crippen molar-refractivity contribution in [1.82, 2.24) is 0 Å². The second-order valence-electron chi connectivity index (χ2n) is 2.57. The van der Waals surface area contributed by atoms with E-state index in [1.807, 2.05) is 6.92 Å². The van der Waals surface area contributed by atoms with Gasteiger partial charge in [-0.05, 0) is 19.1 Å². The Balaban J connectivity index is 3.18. The first-order chi connectivity index (χ1) is 6.56. The van der Waals surface area contributed by atoms with Gasteiger partial charge in [0.15, 0.2) is 5.75 Å². The molecule has 0 saturated heterocycles. The number of hydrogen-bond donors (Lipinski definition) is 1. The van der Waals surface area contributed by atoms with E-state index < -0.39 is 5.91 Å². The van der Waals surface area contributed by atoms with Gasteiger partial charge in [0.2, 0.25) is 5.91 Å². The molecule has 0 saturated carbocycles. The van der Waals surface area contributed by atoms with Gasteiger partial charge in [-0.3, -0.25) is 4.79 Å². The van der Waals surface area contributed by atoms with Gasteiger partial charge in [0.1, 0.15) is 0 Å². The summed E-state index contributed by atoms with van der Waals surface area (Å²) in [6, 6.07) is 2.86. The lowest BCUT2D eigenvalue weighted by Gasteiger charge is -2.08. The molecule has 0 spiro atoms. The number of benzene rings is 1. The van der Waals surface area contributed by atoms with Crippen molar-refractivity contribution in [2.24, 2.45) is 5.73 Å². The van der Waals surface area contributed by atoms with Crippen LogP contribution in [0.15, 0.2) is 12.1 Å². The average molecular weight is 234 g/mol. The normalized spacial score (nSPS) is 9.93. The number of halogens is 2. The molecule has 76 valence electrons. The Morgan fingerprint density at radius 3 is 2.29 bits per heavy atom. The van der Waals surface area contributed by atoms with Crippen molar-refractivity contribution in [3.05, 3.63) is 27.7 Å². The Morgan fingerprint density at radius 1 is 1.43 bits per heavy atom. The van der Waals surface area contributed by atoms with Gasteiger partial charge in [-0.2, -0.15) is 0 Å². The summed E-state index contributed by atoms with van der Waals surface area (Å²) >= 11 is 11.7. The van der Waals surface area contributed by atoms with E-state index in [2.05, 4.69) is 0 Å². The van der Waals surface area contributed by atoms with Crippen molar-refractivity contribution in [3.8, 4) is 5.75 Å². The van der Waals surface area contributed by atoms with Crippen LogP contribution in [0, 0.1) is 0 Å². The number of amides is 1. The van der Waals surface area contributed by atoms with Crippen molar-refractivity contribution < 1.29 is 9.53 Å². The largest absolute Gasteiger partial charge is 0.491 e. The average Bonchev–Trinajstić information content (AvgIpc) is 2.10. The summed E-state index contributed by atoms with van der Waals surface area (Å²) < 4.78 is 5.19. The Kier molecular flexibility index (Phi) is 3.61. The van der Waals surface area contributed by atoms with Crippen LogP contribution in [0.4, 0.5) is 0 Å². The highest BCUT2D eigenvalue weighted by Gasteiger charge is 2.11. The van der Waals surface area contributed by atoms with E-state index in [0.717, 1.165) is 0 Å². The summed E-state index contributed by atoms with van der Waals surface area (Å²) in [5, 5.41) is 0.571. The van der Waals surface area contributed by atoms with E-state index in [-0.39, 0.29) is 15.6 Å². The van der Waals surface area contributed by atoms with Crippen molar-refractivity contribution in [2.45, 2.75) is 6.92 Å². The lowest BCUT2D eigenvalue weighted by molar-refractivity contribution is 0.100. The van der Waals surface area contributed by atoms with Gasteiger partial charge < -0.3 is 10.5 Å². The number of rotatable bonds is 3. The fraction of sp³-hybridized carbons (Fsp3) is 0.222. The molecule has 0 aliphatic carbocycles. The monoisotopic (exact) mass is 233 g/mol. The molecule has 14 heavy (non-hydrogen) atoms. The zero-order chi connectivity index (χ0) is 10.7. The molecule has 1 aromatic rings. The summed E-state index contributed by atoms with van der Waals surface area (Å²) in [7, 11) is 0. The molecule has 1 rings (SSSR count). The van der Waals surface area contributed by atoms with E-state index in [4.69, 9.17) is 33.7 Å². The second kappa shape index (κ2) is 4.53. The minimum atomic E-state index is -0.572. The molecule has 0 unspecified atom stereocenters. The molecule has 1 aromatic carbocycles. The molecule has 0 aromatic heterocycles. The highest BCUT2D eigenvalue weighted by Crippen LogP contribution is 2.33. The van der Waals surface area contributed by atoms with Crippen molar-refractivity contribution in [1.29, 1.82) is 0 Å². The second-order valence-corrected chi connectivity index (χ2v) is 3.38. The molecule has 0 aliphatic heterocycles. The Morgan fingerprint density at radius 2 is 1.93 bits per heavy atom. The predicted molar refractivity (Wildman–Crippen MR) is 56.1 cm³/mol. The molecule has 1 amide bonds. The van der Waals surface area contributed by atoms with E-state index in [1.165, 1.54) is 12.1 Å². The summed E-state index contributed by atoms with van der Waals surface area (Å²) in [5.41, 5.74) is 5.35. The van der Waals surface area contributed by atoms with E-state index in [1.54, 1.807) is 0 Å². The highest BCUT2D eigenvalue weighted by molar-refractivity contribution is 6.37. The molecule has 5 heteroatoms. The van der Waals surface area contributed by atoms with Crippen LogP contribution in [0.25, 0.3) is 0 Å². The zero-order valence-corrected chi connectivity index (χ0v) is 9.02. The first kappa shape index (κ1) is 11.1. The number of ether oxygens (including phenoxy) is 1. The van der Waals surface area contributed by atoms with E-state index >= 15 is 0 Å².